The molecule has 62 heavy (non-hydrogen) atoms. The van der Waals surface area contributed by atoms with Gasteiger partial charge in [0.1, 0.15) is 46.5 Å². The van der Waals surface area contributed by atoms with Gasteiger partial charge < -0.3 is 29.6 Å². The molecule has 316 valence electrons. The van der Waals surface area contributed by atoms with Gasteiger partial charge in [-0.2, -0.15) is 9.97 Å². The molecule has 0 spiro atoms. The van der Waals surface area contributed by atoms with E-state index in [2.05, 4.69) is 20.6 Å². The summed E-state index contributed by atoms with van der Waals surface area (Å²) in [5, 5.41) is 4.62. The fraction of sp³-hybridized carbons (Fsp3) is 0.182. The number of thioether (sulfide) groups is 2. The van der Waals surface area contributed by atoms with E-state index in [1.165, 1.54) is 32.7 Å². The van der Waals surface area contributed by atoms with E-state index in [1.807, 2.05) is 24.3 Å². The minimum absolute atomic E-state index is 0.0717. The van der Waals surface area contributed by atoms with Gasteiger partial charge in [0.05, 0.1) is 24.3 Å². The number of nitrogens with one attached hydrogen (secondary N) is 2. The highest BCUT2D eigenvalue weighted by Crippen LogP contribution is 2.36. The number of ether oxygens (including phenoxy) is 4. The third-order valence-corrected chi connectivity index (χ3v) is 11.5. The van der Waals surface area contributed by atoms with Gasteiger partial charge in [0.2, 0.25) is 0 Å². The number of amides is 2. The molecule has 4 atom stereocenters. The van der Waals surface area contributed by atoms with Crippen LogP contribution in [-0.2, 0) is 18.9 Å². The van der Waals surface area contributed by atoms with Crippen molar-refractivity contribution in [2.24, 2.45) is 0 Å². The molecular formula is C44H38N6O10S2. The smallest absolute Gasteiger partial charge is 0.350 e. The van der Waals surface area contributed by atoms with Gasteiger partial charge >= 0.3 is 23.3 Å². The number of nitrogens with zero attached hydrogens (tertiary/aromatic N) is 4. The molecule has 6 aromatic rings. The van der Waals surface area contributed by atoms with Crippen LogP contribution in [0.25, 0.3) is 0 Å². The standard InChI is InChI=1S/2C22H19N3O5S/c2*26-20(15-7-3-1-4-8-15)23-17-11-12-25(22(28)24-17)18-13-29-19(31-18)14-30-21(27)16-9-5-2-6-10-16/h2*1-12,18-19H,13-14H2,(H,23,24,26,28)/t18-,19+;18-,19-/m01/s1. The second-order valence-electron chi connectivity index (χ2n) is 13.3. The number of rotatable bonds is 12. The van der Waals surface area contributed by atoms with Gasteiger partial charge in [-0.1, -0.05) is 96.3 Å². The van der Waals surface area contributed by atoms with Crippen molar-refractivity contribution in [3.05, 3.63) is 189 Å². The average molecular weight is 875 g/mol. The van der Waals surface area contributed by atoms with Crippen molar-refractivity contribution in [2.45, 2.75) is 21.6 Å². The molecule has 2 aromatic heterocycles. The van der Waals surface area contributed by atoms with Crippen LogP contribution in [-0.4, -0.2) is 80.2 Å². The summed E-state index contributed by atoms with van der Waals surface area (Å²) in [7, 11) is 0. The van der Waals surface area contributed by atoms with Crippen LogP contribution < -0.4 is 22.0 Å². The van der Waals surface area contributed by atoms with Crippen molar-refractivity contribution >= 4 is 58.9 Å². The number of aromatic nitrogens is 4. The van der Waals surface area contributed by atoms with Gasteiger partial charge in [0.15, 0.2) is 0 Å². The van der Waals surface area contributed by atoms with Crippen LogP contribution in [0.2, 0.25) is 0 Å². The van der Waals surface area contributed by atoms with Crippen LogP contribution in [0.1, 0.15) is 52.2 Å². The minimum Gasteiger partial charge on any atom is -0.458 e. The molecule has 0 bridgehead atoms. The third kappa shape index (κ3) is 11.7. The van der Waals surface area contributed by atoms with Gasteiger partial charge in [-0.15, -0.1) is 0 Å². The molecule has 2 aliphatic heterocycles. The fourth-order valence-electron chi connectivity index (χ4n) is 5.91. The second-order valence-corrected chi connectivity index (χ2v) is 16.0. The van der Waals surface area contributed by atoms with E-state index in [0.29, 0.717) is 22.3 Å². The number of hydrogen-bond donors (Lipinski definition) is 2. The summed E-state index contributed by atoms with van der Waals surface area (Å²) in [6.07, 6.45) is 3.13. The first kappa shape index (κ1) is 43.2. The predicted octanol–water partition coefficient (Wildman–Crippen LogP) is 5.88. The lowest BCUT2D eigenvalue weighted by Crippen LogP contribution is -2.27. The Labute approximate surface area is 362 Å². The van der Waals surface area contributed by atoms with Crippen molar-refractivity contribution < 1.29 is 38.1 Å². The molecule has 8 rings (SSSR count). The van der Waals surface area contributed by atoms with Gasteiger partial charge in [0, 0.05) is 23.5 Å². The molecule has 2 saturated heterocycles. The zero-order chi connectivity index (χ0) is 43.3. The molecule has 4 aromatic carbocycles. The lowest BCUT2D eigenvalue weighted by atomic mass is 10.2. The van der Waals surface area contributed by atoms with Crippen molar-refractivity contribution in [2.75, 3.05) is 37.1 Å². The summed E-state index contributed by atoms with van der Waals surface area (Å²) >= 11 is 2.74. The maximum absolute atomic E-state index is 12.4. The molecule has 2 amide bonds. The molecule has 0 aliphatic carbocycles. The summed E-state index contributed by atoms with van der Waals surface area (Å²) in [5.74, 6) is -1.19. The Morgan fingerprint density at radius 3 is 1.21 bits per heavy atom. The predicted molar refractivity (Wildman–Crippen MR) is 232 cm³/mol. The Kier molecular flexibility index (Phi) is 14.7. The van der Waals surface area contributed by atoms with Crippen LogP contribution in [0.4, 0.5) is 11.6 Å². The average Bonchev–Trinajstić information content (AvgIpc) is 3.99. The molecule has 4 heterocycles. The Morgan fingerprint density at radius 1 is 0.532 bits per heavy atom. The summed E-state index contributed by atoms with van der Waals surface area (Å²) in [6, 6.07) is 37.9. The first-order valence-electron chi connectivity index (χ1n) is 19.1. The van der Waals surface area contributed by atoms with E-state index in [0.717, 1.165) is 0 Å². The molecule has 2 fully saturated rings. The largest absolute Gasteiger partial charge is 0.458 e. The summed E-state index contributed by atoms with van der Waals surface area (Å²) in [4.78, 5) is 81.3. The molecule has 0 radical (unpaired) electrons. The second kappa shape index (κ2) is 21.1. The van der Waals surface area contributed by atoms with Gasteiger partial charge in [-0.25, -0.2) is 19.2 Å². The zero-order valence-corrected chi connectivity index (χ0v) is 34.3. The first-order valence-corrected chi connectivity index (χ1v) is 21.0. The highest BCUT2D eigenvalue weighted by atomic mass is 32.2. The first-order chi connectivity index (χ1) is 30.2. The highest BCUT2D eigenvalue weighted by Gasteiger charge is 2.31. The monoisotopic (exact) mass is 874 g/mol. The topological polar surface area (TPSA) is 199 Å². The molecule has 0 saturated carbocycles. The lowest BCUT2D eigenvalue weighted by Gasteiger charge is -2.13. The van der Waals surface area contributed by atoms with Crippen molar-refractivity contribution in [1.82, 2.24) is 19.1 Å². The summed E-state index contributed by atoms with van der Waals surface area (Å²) < 4.78 is 24.7. The van der Waals surface area contributed by atoms with E-state index in [1.54, 1.807) is 122 Å². The molecule has 18 heteroatoms. The molecular weight excluding hydrogens is 837 g/mol. The summed E-state index contributed by atoms with van der Waals surface area (Å²) in [6.45, 7) is 0.690. The van der Waals surface area contributed by atoms with E-state index in [4.69, 9.17) is 18.9 Å². The quantitative estimate of drug-likeness (QED) is 0.138. The Morgan fingerprint density at radius 2 is 0.871 bits per heavy atom. The van der Waals surface area contributed by atoms with Crippen LogP contribution >= 0.6 is 23.5 Å². The zero-order valence-electron chi connectivity index (χ0n) is 32.7. The van der Waals surface area contributed by atoms with E-state index in [9.17, 15) is 28.8 Å². The van der Waals surface area contributed by atoms with Crippen molar-refractivity contribution in [1.29, 1.82) is 0 Å². The van der Waals surface area contributed by atoms with Crippen LogP contribution in [0, 0.1) is 0 Å². The summed E-state index contributed by atoms with van der Waals surface area (Å²) in [5.41, 5.74) is 0.0975. The van der Waals surface area contributed by atoms with E-state index < -0.39 is 23.3 Å². The molecule has 16 nitrogen and oxygen atoms in total. The number of hydrogen-bond acceptors (Lipinski definition) is 14. The number of carbonyl (C=O) groups is 4. The van der Waals surface area contributed by atoms with Crippen molar-refractivity contribution in [3.63, 3.8) is 0 Å². The number of esters is 2. The fourth-order valence-corrected chi connectivity index (χ4v) is 8.12. The van der Waals surface area contributed by atoms with Crippen LogP contribution in [0.3, 0.4) is 0 Å². The Bertz CT molecular complexity index is 2420. The number of carbonyl (C=O) groups excluding carboxylic acids is 4. The normalized spacial score (nSPS) is 17.8. The number of benzene rings is 4. The SMILES string of the molecule is O=C(Nc1ccn([C@@H]2CO[C@@H](COC(=O)c3ccccc3)S2)c(=O)n1)c1ccccc1.O=C(Nc1ccn([C@H]2CO[C@@H](COC(=O)c3ccccc3)S2)c(=O)n1)c1ccccc1. The Balaban J connectivity index is 0.000000186. The van der Waals surface area contributed by atoms with Crippen LogP contribution in [0.5, 0.6) is 0 Å². The molecule has 2 N–H and O–H groups in total. The van der Waals surface area contributed by atoms with Crippen molar-refractivity contribution in [3.8, 4) is 0 Å². The third-order valence-electron chi connectivity index (χ3n) is 9.02. The van der Waals surface area contributed by atoms with Gasteiger partial charge in [-0.05, 0) is 60.7 Å². The van der Waals surface area contributed by atoms with E-state index >= 15 is 0 Å². The van der Waals surface area contributed by atoms with E-state index in [-0.39, 0.29) is 71.5 Å². The van der Waals surface area contributed by atoms with Crippen LogP contribution in [0.15, 0.2) is 155 Å². The maximum atomic E-state index is 12.4. The number of anilines is 2. The Hall–Kier alpha value is -6.86. The van der Waals surface area contributed by atoms with Gasteiger partial charge in [-0.3, -0.25) is 18.7 Å². The minimum atomic E-state index is -0.506. The lowest BCUT2D eigenvalue weighted by molar-refractivity contribution is 0.0268. The molecule has 2 aliphatic rings. The highest BCUT2D eigenvalue weighted by molar-refractivity contribution is 8.00. The maximum Gasteiger partial charge on any atom is 0.350 e. The van der Waals surface area contributed by atoms with Gasteiger partial charge in [0.25, 0.3) is 11.8 Å². The molecule has 0 unspecified atom stereocenters.